The number of hydrogen-bond donors (Lipinski definition) is 1. The van der Waals surface area contributed by atoms with Crippen molar-refractivity contribution in [1.82, 2.24) is 5.32 Å². The fraction of sp³-hybridized carbons (Fsp3) is 0.417. The SMILES string of the molecule is COc1ccc(-c2cccc3c2CNC3=O)c(OCC2(OC(=O)C3CC3)CC2)c1OC. The van der Waals surface area contributed by atoms with Gasteiger partial charge in [-0.15, -0.1) is 0 Å². The smallest absolute Gasteiger partial charge is 0.309 e. The maximum Gasteiger partial charge on any atom is 0.309 e. The molecule has 0 saturated heterocycles. The van der Waals surface area contributed by atoms with Crippen LogP contribution in [0.2, 0.25) is 0 Å². The molecule has 1 heterocycles. The van der Waals surface area contributed by atoms with E-state index < -0.39 is 5.60 Å². The van der Waals surface area contributed by atoms with E-state index in [4.69, 9.17) is 18.9 Å². The zero-order valence-electron chi connectivity index (χ0n) is 17.7. The number of hydrogen-bond acceptors (Lipinski definition) is 6. The van der Waals surface area contributed by atoms with Gasteiger partial charge in [0.05, 0.1) is 20.1 Å². The Bertz CT molecular complexity index is 1050. The van der Waals surface area contributed by atoms with Crippen LogP contribution in [0.15, 0.2) is 30.3 Å². The van der Waals surface area contributed by atoms with Crippen molar-refractivity contribution in [3.05, 3.63) is 41.5 Å². The largest absolute Gasteiger partial charge is 0.493 e. The fourth-order valence-electron chi connectivity index (χ4n) is 4.00. The van der Waals surface area contributed by atoms with Gasteiger partial charge in [0.2, 0.25) is 5.75 Å². The monoisotopic (exact) mass is 423 g/mol. The van der Waals surface area contributed by atoms with Gasteiger partial charge in [0.15, 0.2) is 11.5 Å². The lowest BCUT2D eigenvalue weighted by Gasteiger charge is -2.22. The zero-order chi connectivity index (χ0) is 21.6. The van der Waals surface area contributed by atoms with Gasteiger partial charge < -0.3 is 24.3 Å². The first-order valence-electron chi connectivity index (χ1n) is 10.6. The third kappa shape index (κ3) is 3.58. The normalized spacial score (nSPS) is 18.1. The Kier molecular flexibility index (Phi) is 4.76. The van der Waals surface area contributed by atoms with Crippen molar-refractivity contribution < 1.29 is 28.5 Å². The van der Waals surface area contributed by atoms with Gasteiger partial charge in [-0.05, 0) is 55.0 Å². The quantitative estimate of drug-likeness (QED) is 0.655. The van der Waals surface area contributed by atoms with Crippen LogP contribution in [0, 0.1) is 5.92 Å². The topological polar surface area (TPSA) is 83.1 Å². The van der Waals surface area contributed by atoms with E-state index in [9.17, 15) is 9.59 Å². The number of esters is 1. The van der Waals surface area contributed by atoms with Crippen molar-refractivity contribution in [2.45, 2.75) is 37.8 Å². The maximum absolute atomic E-state index is 12.2. The molecule has 162 valence electrons. The molecular formula is C24H25NO6. The highest BCUT2D eigenvalue weighted by atomic mass is 16.6. The van der Waals surface area contributed by atoms with Crippen molar-refractivity contribution in [2.75, 3.05) is 20.8 Å². The van der Waals surface area contributed by atoms with Crippen molar-refractivity contribution in [3.63, 3.8) is 0 Å². The summed E-state index contributed by atoms with van der Waals surface area (Å²) in [5.41, 5.74) is 2.71. The molecule has 5 rings (SSSR count). The Morgan fingerprint density at radius 1 is 1.03 bits per heavy atom. The Morgan fingerprint density at radius 2 is 1.81 bits per heavy atom. The highest BCUT2D eigenvalue weighted by Gasteiger charge is 2.50. The van der Waals surface area contributed by atoms with Crippen LogP contribution in [0.1, 0.15) is 41.6 Å². The molecule has 0 radical (unpaired) electrons. The molecule has 0 atom stereocenters. The molecule has 3 aliphatic rings. The minimum atomic E-state index is -0.568. The van der Waals surface area contributed by atoms with Crippen molar-refractivity contribution in [3.8, 4) is 28.4 Å². The van der Waals surface area contributed by atoms with Gasteiger partial charge in [-0.2, -0.15) is 0 Å². The predicted octanol–water partition coefficient (Wildman–Crippen LogP) is 3.48. The van der Waals surface area contributed by atoms with Crippen LogP contribution in [0.5, 0.6) is 17.2 Å². The molecule has 31 heavy (non-hydrogen) atoms. The van der Waals surface area contributed by atoms with Crippen LogP contribution in [-0.2, 0) is 16.1 Å². The molecule has 2 saturated carbocycles. The molecule has 0 spiro atoms. The highest BCUT2D eigenvalue weighted by molar-refractivity contribution is 6.01. The minimum Gasteiger partial charge on any atom is -0.493 e. The molecular weight excluding hydrogens is 398 g/mol. The van der Waals surface area contributed by atoms with Gasteiger partial charge in [0, 0.05) is 17.7 Å². The molecule has 2 fully saturated rings. The lowest BCUT2D eigenvalue weighted by molar-refractivity contribution is -0.154. The van der Waals surface area contributed by atoms with Gasteiger partial charge in [0.1, 0.15) is 12.2 Å². The highest BCUT2D eigenvalue weighted by Crippen LogP contribution is 2.48. The van der Waals surface area contributed by atoms with Crippen LogP contribution in [0.3, 0.4) is 0 Å². The number of benzene rings is 2. The van der Waals surface area contributed by atoms with Gasteiger partial charge in [0.25, 0.3) is 5.91 Å². The van der Waals surface area contributed by atoms with Crippen molar-refractivity contribution >= 4 is 11.9 Å². The molecule has 2 aromatic carbocycles. The Hall–Kier alpha value is -3.22. The number of ether oxygens (including phenoxy) is 4. The second kappa shape index (κ2) is 7.48. The molecule has 0 aromatic heterocycles. The molecule has 1 amide bonds. The molecule has 2 aliphatic carbocycles. The lowest BCUT2D eigenvalue weighted by atomic mass is 9.95. The summed E-state index contributed by atoms with van der Waals surface area (Å²) in [6.45, 7) is 0.704. The molecule has 0 bridgehead atoms. The van der Waals surface area contributed by atoms with E-state index in [1.165, 1.54) is 0 Å². The number of nitrogens with one attached hydrogen (secondary N) is 1. The summed E-state index contributed by atoms with van der Waals surface area (Å²) < 4.78 is 23.2. The van der Waals surface area contributed by atoms with Crippen LogP contribution in [-0.4, -0.2) is 38.3 Å². The van der Waals surface area contributed by atoms with Gasteiger partial charge >= 0.3 is 5.97 Å². The number of carbonyl (C=O) groups is 2. The van der Waals surface area contributed by atoms with Gasteiger partial charge in [-0.3, -0.25) is 9.59 Å². The summed E-state index contributed by atoms with van der Waals surface area (Å²) in [6, 6.07) is 9.38. The first-order valence-corrected chi connectivity index (χ1v) is 10.6. The third-order valence-electron chi connectivity index (χ3n) is 6.15. The number of rotatable bonds is 8. The van der Waals surface area contributed by atoms with Crippen LogP contribution < -0.4 is 19.5 Å². The van der Waals surface area contributed by atoms with E-state index in [-0.39, 0.29) is 24.4 Å². The van der Waals surface area contributed by atoms with E-state index in [1.807, 2.05) is 30.3 Å². The standard InChI is InChI=1S/C24H25NO6/c1-28-19-9-8-16(15-4-3-5-17-18(15)12-25-22(17)26)20(21(19)29-2)30-13-24(10-11-24)31-23(27)14-6-7-14/h3-5,8-9,14H,6-7,10-13H2,1-2H3,(H,25,26). The first-order chi connectivity index (χ1) is 15.0. The molecule has 2 aromatic rings. The number of methoxy groups -OCH3 is 2. The maximum atomic E-state index is 12.2. The average molecular weight is 423 g/mol. The summed E-state index contributed by atoms with van der Waals surface area (Å²) in [5.74, 6) is 1.38. The van der Waals surface area contributed by atoms with Crippen LogP contribution >= 0.6 is 0 Å². The van der Waals surface area contributed by atoms with Crippen molar-refractivity contribution in [2.24, 2.45) is 5.92 Å². The Morgan fingerprint density at radius 3 is 2.48 bits per heavy atom. The minimum absolute atomic E-state index is 0.0522. The van der Waals surface area contributed by atoms with Gasteiger partial charge in [-0.25, -0.2) is 0 Å². The van der Waals surface area contributed by atoms with Crippen molar-refractivity contribution in [1.29, 1.82) is 0 Å². The predicted molar refractivity (Wildman–Crippen MR) is 112 cm³/mol. The summed E-state index contributed by atoms with van der Waals surface area (Å²) in [4.78, 5) is 24.3. The van der Waals surface area contributed by atoms with Gasteiger partial charge in [-0.1, -0.05) is 12.1 Å². The van der Waals surface area contributed by atoms with Crippen LogP contribution in [0.4, 0.5) is 0 Å². The second-order valence-electron chi connectivity index (χ2n) is 8.36. The van der Waals surface area contributed by atoms with E-state index in [1.54, 1.807) is 14.2 Å². The third-order valence-corrected chi connectivity index (χ3v) is 6.15. The fourth-order valence-corrected chi connectivity index (χ4v) is 4.00. The summed E-state index contributed by atoms with van der Waals surface area (Å²) in [5, 5.41) is 2.88. The molecule has 7 heteroatoms. The number of amides is 1. The molecule has 1 N–H and O–H groups in total. The molecule has 7 nitrogen and oxygen atoms in total. The summed E-state index contributed by atoms with van der Waals surface area (Å²) >= 11 is 0. The summed E-state index contributed by atoms with van der Waals surface area (Å²) in [7, 11) is 3.14. The van der Waals surface area contributed by atoms with E-state index in [0.29, 0.717) is 29.4 Å². The van der Waals surface area contributed by atoms with E-state index >= 15 is 0 Å². The summed E-state index contributed by atoms with van der Waals surface area (Å²) in [6.07, 6.45) is 3.39. The lowest BCUT2D eigenvalue weighted by Crippen LogP contribution is -2.28. The second-order valence-corrected chi connectivity index (χ2v) is 8.36. The van der Waals surface area contributed by atoms with Crippen LogP contribution in [0.25, 0.3) is 11.1 Å². The average Bonchev–Trinajstić information content (AvgIpc) is 3.71. The van der Waals surface area contributed by atoms with E-state index in [0.717, 1.165) is 42.4 Å². The molecule has 1 aliphatic heterocycles. The number of carbonyl (C=O) groups excluding carboxylic acids is 2. The Balaban J connectivity index is 1.50. The van der Waals surface area contributed by atoms with E-state index in [2.05, 4.69) is 5.32 Å². The first kappa shape index (κ1) is 19.7. The number of fused-ring (bicyclic) bond motifs is 1. The zero-order valence-corrected chi connectivity index (χ0v) is 17.7. The molecule has 0 unspecified atom stereocenters. The Labute approximate surface area is 180 Å².